The van der Waals surface area contributed by atoms with Crippen molar-refractivity contribution >= 4 is 34.6 Å². The third-order valence-corrected chi connectivity index (χ3v) is 3.65. The Morgan fingerprint density at radius 3 is 2.61 bits per heavy atom. The van der Waals surface area contributed by atoms with Gasteiger partial charge < -0.3 is 20.1 Å². The zero-order valence-electron chi connectivity index (χ0n) is 13.1. The molecule has 4 nitrogen and oxygen atoms in total. The van der Waals surface area contributed by atoms with Crippen molar-refractivity contribution in [2.45, 2.75) is 6.92 Å². The summed E-state index contributed by atoms with van der Waals surface area (Å²) in [6.45, 7) is 3.01. The molecule has 122 valence electrons. The number of thiocarbonyl (C=S) groups is 1. The van der Waals surface area contributed by atoms with Gasteiger partial charge in [-0.15, -0.1) is 0 Å². The van der Waals surface area contributed by atoms with E-state index < -0.39 is 0 Å². The van der Waals surface area contributed by atoms with Gasteiger partial charge in [-0.25, -0.2) is 0 Å². The molecule has 6 heteroatoms. The summed E-state index contributed by atoms with van der Waals surface area (Å²) in [5, 5.41) is 7.28. The van der Waals surface area contributed by atoms with Gasteiger partial charge in [-0.05, 0) is 49.0 Å². The number of para-hydroxylation sites is 2. The third kappa shape index (κ3) is 5.30. The first-order valence-corrected chi connectivity index (χ1v) is 7.95. The molecule has 2 aromatic rings. The van der Waals surface area contributed by atoms with Crippen molar-refractivity contribution in [3.8, 4) is 11.5 Å². The van der Waals surface area contributed by atoms with E-state index in [4.69, 9.17) is 33.3 Å². The first kappa shape index (κ1) is 17.4. The molecule has 0 aliphatic carbocycles. The minimum Gasteiger partial charge on any atom is -0.493 e. The zero-order valence-corrected chi connectivity index (χ0v) is 14.6. The number of ether oxygens (including phenoxy) is 2. The molecule has 2 rings (SSSR count). The predicted molar refractivity (Wildman–Crippen MR) is 98.9 cm³/mol. The molecule has 0 amide bonds. The largest absolute Gasteiger partial charge is 0.493 e. The molecule has 0 saturated carbocycles. The molecule has 0 spiro atoms. The first-order chi connectivity index (χ1) is 11.1. The molecule has 23 heavy (non-hydrogen) atoms. The molecule has 0 bridgehead atoms. The minimum absolute atomic E-state index is 0.462. The van der Waals surface area contributed by atoms with Crippen LogP contribution >= 0.6 is 23.8 Å². The molecule has 0 fully saturated rings. The quantitative estimate of drug-likeness (QED) is 0.608. The van der Waals surface area contributed by atoms with Crippen LogP contribution in [0.2, 0.25) is 5.02 Å². The number of hydrogen-bond acceptors (Lipinski definition) is 3. The SMILES string of the molecule is COc1ccccc1OCCNC(=S)Nc1ccc(C)cc1Cl. The first-order valence-electron chi connectivity index (χ1n) is 7.17. The molecule has 0 aromatic heterocycles. The summed E-state index contributed by atoms with van der Waals surface area (Å²) >= 11 is 11.4. The van der Waals surface area contributed by atoms with Crippen molar-refractivity contribution in [2.24, 2.45) is 0 Å². The van der Waals surface area contributed by atoms with Crippen molar-refractivity contribution < 1.29 is 9.47 Å². The number of rotatable bonds is 6. The van der Waals surface area contributed by atoms with Crippen molar-refractivity contribution in [1.29, 1.82) is 0 Å². The second-order valence-electron chi connectivity index (χ2n) is 4.86. The van der Waals surface area contributed by atoms with Crippen LogP contribution in [0, 0.1) is 6.92 Å². The van der Waals surface area contributed by atoms with Crippen LogP contribution in [0.5, 0.6) is 11.5 Å². The highest BCUT2D eigenvalue weighted by molar-refractivity contribution is 7.80. The molecule has 0 aliphatic heterocycles. The maximum absolute atomic E-state index is 6.16. The summed E-state index contributed by atoms with van der Waals surface area (Å²) < 4.78 is 10.9. The van der Waals surface area contributed by atoms with E-state index in [0.29, 0.717) is 34.8 Å². The summed E-state index contributed by atoms with van der Waals surface area (Å²) in [7, 11) is 1.62. The lowest BCUT2D eigenvalue weighted by atomic mass is 10.2. The van der Waals surface area contributed by atoms with Crippen LogP contribution < -0.4 is 20.1 Å². The van der Waals surface area contributed by atoms with E-state index in [1.807, 2.05) is 49.4 Å². The van der Waals surface area contributed by atoms with Crippen molar-refractivity contribution in [1.82, 2.24) is 5.32 Å². The zero-order chi connectivity index (χ0) is 16.7. The second-order valence-corrected chi connectivity index (χ2v) is 5.68. The topological polar surface area (TPSA) is 42.5 Å². The van der Waals surface area contributed by atoms with Crippen LogP contribution in [0.25, 0.3) is 0 Å². The van der Waals surface area contributed by atoms with Crippen LogP contribution in [-0.4, -0.2) is 25.4 Å². The molecule has 0 heterocycles. The number of hydrogen-bond donors (Lipinski definition) is 2. The molecular formula is C17H19ClN2O2S. The number of halogens is 1. The summed E-state index contributed by atoms with van der Waals surface area (Å²) in [6.07, 6.45) is 0. The van der Waals surface area contributed by atoms with E-state index in [-0.39, 0.29) is 0 Å². The van der Waals surface area contributed by atoms with Crippen molar-refractivity contribution in [3.63, 3.8) is 0 Å². The van der Waals surface area contributed by atoms with Gasteiger partial charge in [0.25, 0.3) is 0 Å². The van der Waals surface area contributed by atoms with Gasteiger partial charge in [0.05, 0.1) is 24.4 Å². The molecule has 0 unspecified atom stereocenters. The summed E-state index contributed by atoms with van der Waals surface area (Å²) in [4.78, 5) is 0. The van der Waals surface area contributed by atoms with Crippen molar-refractivity contribution in [3.05, 3.63) is 53.1 Å². The standard InChI is InChI=1S/C17H19ClN2O2S/c1-12-7-8-14(13(18)11-12)20-17(23)19-9-10-22-16-6-4-3-5-15(16)21-2/h3-8,11H,9-10H2,1-2H3,(H2,19,20,23). The number of benzene rings is 2. The van der Waals surface area contributed by atoms with Gasteiger partial charge in [0.1, 0.15) is 6.61 Å². The Hall–Kier alpha value is -1.98. The summed E-state index contributed by atoms with van der Waals surface area (Å²) in [5.74, 6) is 1.41. The maximum atomic E-state index is 6.16. The highest BCUT2D eigenvalue weighted by atomic mass is 35.5. The van der Waals surface area contributed by atoms with Gasteiger partial charge >= 0.3 is 0 Å². The lowest BCUT2D eigenvalue weighted by Crippen LogP contribution is -2.32. The molecule has 0 radical (unpaired) electrons. The van der Waals surface area contributed by atoms with Crippen LogP contribution in [0.3, 0.4) is 0 Å². The summed E-state index contributed by atoms with van der Waals surface area (Å²) in [5.41, 5.74) is 1.88. The van der Waals surface area contributed by atoms with Gasteiger partial charge in [-0.3, -0.25) is 0 Å². The lowest BCUT2D eigenvalue weighted by molar-refractivity contribution is 0.298. The fourth-order valence-electron chi connectivity index (χ4n) is 1.95. The van der Waals surface area contributed by atoms with E-state index in [1.165, 1.54) is 0 Å². The highest BCUT2D eigenvalue weighted by Crippen LogP contribution is 2.25. The Morgan fingerprint density at radius 2 is 1.91 bits per heavy atom. The smallest absolute Gasteiger partial charge is 0.170 e. The monoisotopic (exact) mass is 350 g/mol. The normalized spacial score (nSPS) is 10.0. The minimum atomic E-state index is 0.462. The van der Waals surface area contributed by atoms with Crippen LogP contribution in [0.4, 0.5) is 5.69 Å². The number of methoxy groups -OCH3 is 1. The third-order valence-electron chi connectivity index (χ3n) is 3.09. The fraction of sp³-hybridized carbons (Fsp3) is 0.235. The van der Waals surface area contributed by atoms with E-state index in [0.717, 1.165) is 11.3 Å². The molecule has 0 aliphatic rings. The van der Waals surface area contributed by atoms with Crippen LogP contribution in [0.15, 0.2) is 42.5 Å². The fourth-order valence-corrected chi connectivity index (χ4v) is 2.45. The van der Waals surface area contributed by atoms with E-state index in [9.17, 15) is 0 Å². The highest BCUT2D eigenvalue weighted by Gasteiger charge is 2.04. The average molecular weight is 351 g/mol. The molecule has 2 aromatic carbocycles. The Kier molecular flexibility index (Phi) is 6.50. The molecule has 0 atom stereocenters. The van der Waals surface area contributed by atoms with Gasteiger partial charge in [0, 0.05) is 0 Å². The summed E-state index contributed by atoms with van der Waals surface area (Å²) in [6, 6.07) is 13.3. The van der Waals surface area contributed by atoms with Gasteiger partial charge in [0.2, 0.25) is 0 Å². The lowest BCUT2D eigenvalue weighted by Gasteiger charge is -2.13. The van der Waals surface area contributed by atoms with Gasteiger partial charge in [0.15, 0.2) is 16.6 Å². The van der Waals surface area contributed by atoms with Crippen LogP contribution in [0.1, 0.15) is 5.56 Å². The van der Waals surface area contributed by atoms with E-state index in [2.05, 4.69) is 10.6 Å². The van der Waals surface area contributed by atoms with Gasteiger partial charge in [-0.2, -0.15) is 0 Å². The molecule has 2 N–H and O–H groups in total. The van der Waals surface area contributed by atoms with E-state index >= 15 is 0 Å². The van der Waals surface area contributed by atoms with E-state index in [1.54, 1.807) is 7.11 Å². The Morgan fingerprint density at radius 1 is 1.17 bits per heavy atom. The number of aryl methyl sites for hydroxylation is 1. The van der Waals surface area contributed by atoms with Crippen molar-refractivity contribution in [2.75, 3.05) is 25.6 Å². The Balaban J connectivity index is 1.76. The second kappa shape index (κ2) is 8.60. The molecular weight excluding hydrogens is 332 g/mol. The Labute approximate surface area is 146 Å². The average Bonchev–Trinajstić information content (AvgIpc) is 2.54. The molecule has 0 saturated heterocycles. The Bertz CT molecular complexity index is 679. The van der Waals surface area contributed by atoms with Gasteiger partial charge in [-0.1, -0.05) is 29.8 Å². The number of anilines is 1. The maximum Gasteiger partial charge on any atom is 0.170 e. The number of nitrogens with one attached hydrogen (secondary N) is 2. The predicted octanol–water partition coefficient (Wildman–Crippen LogP) is 4.02. The van der Waals surface area contributed by atoms with Crippen LogP contribution in [-0.2, 0) is 0 Å².